The summed E-state index contributed by atoms with van der Waals surface area (Å²) in [6, 6.07) is 1.37. The highest BCUT2D eigenvalue weighted by Crippen LogP contribution is 2.47. The zero-order valence-electron chi connectivity index (χ0n) is 14.2. The molecule has 12 heteroatoms. The molecule has 0 saturated carbocycles. The molecule has 0 unspecified atom stereocenters. The number of non-ortho nitro benzene ring substituents is 1. The zero-order chi connectivity index (χ0) is 20.6. The quantitative estimate of drug-likeness (QED) is 0.458. The van der Waals surface area contributed by atoms with Gasteiger partial charge in [-0.1, -0.05) is 12.1 Å². The Labute approximate surface area is 150 Å². The number of amides is 2. The second-order valence-corrected chi connectivity index (χ2v) is 5.79. The standard InChI is InChI=1S/C15H16F3N3O6/c1-3-27-12(22)10-11(8-5-4-6-9(7-8)21(25)26)19-13(23)20(2)14(10,24)15(16,17)18/h4-7,10-11,24H,3H2,1-2H3,(H,19,23)/t10-,11-,14+/m1/s1. The lowest BCUT2D eigenvalue weighted by Crippen LogP contribution is -2.73. The number of aliphatic hydroxyl groups is 1. The molecule has 3 atom stereocenters. The second-order valence-electron chi connectivity index (χ2n) is 5.79. The van der Waals surface area contributed by atoms with E-state index in [4.69, 9.17) is 0 Å². The minimum atomic E-state index is -5.41. The van der Waals surface area contributed by atoms with Gasteiger partial charge in [-0.05, 0) is 12.5 Å². The van der Waals surface area contributed by atoms with Gasteiger partial charge in [0.05, 0.1) is 17.6 Å². The molecule has 148 valence electrons. The fourth-order valence-corrected chi connectivity index (χ4v) is 2.92. The number of nitrogens with one attached hydrogen (secondary N) is 1. The first-order valence-corrected chi connectivity index (χ1v) is 7.69. The van der Waals surface area contributed by atoms with Crippen molar-refractivity contribution in [3.8, 4) is 0 Å². The first-order chi connectivity index (χ1) is 12.4. The van der Waals surface area contributed by atoms with E-state index >= 15 is 0 Å². The van der Waals surface area contributed by atoms with Crippen molar-refractivity contribution in [1.82, 2.24) is 10.2 Å². The summed E-state index contributed by atoms with van der Waals surface area (Å²) >= 11 is 0. The number of carbonyl (C=O) groups is 2. The number of nitro groups is 1. The van der Waals surface area contributed by atoms with Crippen LogP contribution in [-0.2, 0) is 9.53 Å². The molecule has 2 amide bonds. The highest BCUT2D eigenvalue weighted by atomic mass is 19.4. The number of benzene rings is 1. The Balaban J connectivity index is 2.67. The fraction of sp³-hybridized carbons (Fsp3) is 0.467. The van der Waals surface area contributed by atoms with E-state index in [2.05, 4.69) is 10.1 Å². The SMILES string of the molecule is CCOC(=O)[C@H]1[C@@H](c2cccc([N+](=O)[O-])c2)NC(=O)N(C)[C@@]1(O)C(F)(F)F. The van der Waals surface area contributed by atoms with Crippen molar-refractivity contribution in [2.45, 2.75) is 24.9 Å². The van der Waals surface area contributed by atoms with Crippen LogP contribution < -0.4 is 5.32 Å². The monoisotopic (exact) mass is 391 g/mol. The molecule has 1 aromatic carbocycles. The van der Waals surface area contributed by atoms with Gasteiger partial charge in [-0.15, -0.1) is 0 Å². The average Bonchev–Trinajstić information content (AvgIpc) is 2.58. The molecule has 1 heterocycles. The van der Waals surface area contributed by atoms with Crippen LogP contribution in [0, 0.1) is 16.0 Å². The van der Waals surface area contributed by atoms with Gasteiger partial charge in [0.1, 0.15) is 5.92 Å². The Morgan fingerprint density at radius 1 is 1.48 bits per heavy atom. The largest absolute Gasteiger partial charge is 0.466 e. The number of ether oxygens (including phenoxy) is 1. The Morgan fingerprint density at radius 2 is 2.11 bits per heavy atom. The molecule has 2 rings (SSSR count). The molecule has 1 saturated heterocycles. The zero-order valence-corrected chi connectivity index (χ0v) is 14.2. The van der Waals surface area contributed by atoms with E-state index < -0.39 is 46.5 Å². The molecule has 0 aliphatic carbocycles. The lowest BCUT2D eigenvalue weighted by Gasteiger charge is -2.49. The summed E-state index contributed by atoms with van der Waals surface area (Å²) in [4.78, 5) is 34.5. The molecule has 1 aliphatic heterocycles. The lowest BCUT2D eigenvalue weighted by atomic mass is 9.81. The summed E-state index contributed by atoms with van der Waals surface area (Å²) in [5.74, 6) is -3.73. The van der Waals surface area contributed by atoms with Gasteiger partial charge in [-0.3, -0.25) is 19.8 Å². The van der Waals surface area contributed by atoms with Crippen LogP contribution in [-0.4, -0.2) is 52.5 Å². The van der Waals surface area contributed by atoms with Crippen LogP contribution >= 0.6 is 0 Å². The van der Waals surface area contributed by atoms with Gasteiger partial charge in [0, 0.05) is 19.2 Å². The molecule has 2 N–H and O–H groups in total. The third-order valence-electron chi connectivity index (χ3n) is 4.26. The molecule has 0 spiro atoms. The maximum atomic E-state index is 13.7. The van der Waals surface area contributed by atoms with Crippen LogP contribution in [0.5, 0.6) is 0 Å². The van der Waals surface area contributed by atoms with Gasteiger partial charge in [0.15, 0.2) is 0 Å². The number of nitro benzene ring substituents is 1. The summed E-state index contributed by atoms with van der Waals surface area (Å²) in [6.07, 6.45) is -5.41. The van der Waals surface area contributed by atoms with Gasteiger partial charge < -0.3 is 15.2 Å². The molecule has 9 nitrogen and oxygen atoms in total. The number of rotatable bonds is 4. The molecule has 0 radical (unpaired) electrons. The van der Waals surface area contributed by atoms with Crippen molar-refractivity contribution in [2.75, 3.05) is 13.7 Å². The Hall–Kier alpha value is -2.89. The highest BCUT2D eigenvalue weighted by molar-refractivity contribution is 5.83. The summed E-state index contributed by atoms with van der Waals surface area (Å²) < 4.78 is 45.8. The first kappa shape index (κ1) is 20.4. The summed E-state index contributed by atoms with van der Waals surface area (Å²) in [5.41, 5.74) is -4.50. The van der Waals surface area contributed by atoms with E-state index in [1.165, 1.54) is 19.1 Å². The average molecular weight is 391 g/mol. The third-order valence-corrected chi connectivity index (χ3v) is 4.26. The van der Waals surface area contributed by atoms with Crippen LogP contribution in [0.4, 0.5) is 23.7 Å². The molecule has 0 bridgehead atoms. The minimum absolute atomic E-state index is 0.0392. The highest BCUT2D eigenvalue weighted by Gasteiger charge is 2.69. The lowest BCUT2D eigenvalue weighted by molar-refractivity contribution is -0.385. The molecule has 1 aliphatic rings. The van der Waals surface area contributed by atoms with Crippen molar-refractivity contribution in [2.24, 2.45) is 5.92 Å². The third kappa shape index (κ3) is 3.39. The van der Waals surface area contributed by atoms with Crippen LogP contribution in [0.1, 0.15) is 18.5 Å². The summed E-state index contributed by atoms with van der Waals surface area (Å²) in [6.45, 7) is 1.08. The first-order valence-electron chi connectivity index (χ1n) is 7.69. The van der Waals surface area contributed by atoms with E-state index in [-0.39, 0.29) is 17.1 Å². The van der Waals surface area contributed by atoms with E-state index in [1.807, 2.05) is 0 Å². The van der Waals surface area contributed by atoms with Gasteiger partial charge in [-0.25, -0.2) is 4.79 Å². The van der Waals surface area contributed by atoms with Crippen molar-refractivity contribution in [3.05, 3.63) is 39.9 Å². The van der Waals surface area contributed by atoms with Crippen molar-refractivity contribution < 1.29 is 37.5 Å². The normalized spacial score (nSPS) is 25.7. The topological polar surface area (TPSA) is 122 Å². The number of carbonyl (C=O) groups excluding carboxylic acids is 2. The minimum Gasteiger partial charge on any atom is -0.466 e. The van der Waals surface area contributed by atoms with E-state index in [9.17, 15) is 38.0 Å². The van der Waals surface area contributed by atoms with Crippen LogP contribution in [0.25, 0.3) is 0 Å². The predicted octanol–water partition coefficient (Wildman–Crippen LogP) is 1.72. The Bertz CT molecular complexity index is 771. The molecular formula is C15H16F3N3O6. The molecule has 1 aromatic rings. The smallest absolute Gasteiger partial charge is 0.437 e. The van der Waals surface area contributed by atoms with E-state index in [0.717, 1.165) is 12.1 Å². The summed E-state index contributed by atoms with van der Waals surface area (Å²) in [5, 5.41) is 23.5. The van der Waals surface area contributed by atoms with Crippen molar-refractivity contribution in [1.29, 1.82) is 0 Å². The second kappa shape index (κ2) is 7.02. The van der Waals surface area contributed by atoms with Gasteiger partial charge in [0.25, 0.3) is 11.4 Å². The number of esters is 1. The van der Waals surface area contributed by atoms with E-state index in [0.29, 0.717) is 7.05 Å². The maximum absolute atomic E-state index is 13.7. The van der Waals surface area contributed by atoms with Crippen LogP contribution in [0.2, 0.25) is 0 Å². The van der Waals surface area contributed by atoms with Crippen LogP contribution in [0.15, 0.2) is 24.3 Å². The van der Waals surface area contributed by atoms with Gasteiger partial charge in [-0.2, -0.15) is 13.2 Å². The Kier molecular flexibility index (Phi) is 5.31. The van der Waals surface area contributed by atoms with Gasteiger partial charge in [0.2, 0.25) is 0 Å². The van der Waals surface area contributed by atoms with Crippen molar-refractivity contribution in [3.63, 3.8) is 0 Å². The van der Waals surface area contributed by atoms with Crippen LogP contribution in [0.3, 0.4) is 0 Å². The number of halogens is 3. The van der Waals surface area contributed by atoms with E-state index in [1.54, 1.807) is 0 Å². The van der Waals surface area contributed by atoms with Gasteiger partial charge >= 0.3 is 18.2 Å². The van der Waals surface area contributed by atoms with Crippen molar-refractivity contribution >= 4 is 17.7 Å². The number of alkyl halides is 3. The summed E-state index contributed by atoms with van der Waals surface area (Å²) in [7, 11) is 0.679. The molecule has 0 aromatic heterocycles. The number of nitrogens with zero attached hydrogens (tertiary/aromatic N) is 2. The fourth-order valence-electron chi connectivity index (χ4n) is 2.92. The Morgan fingerprint density at radius 3 is 2.63 bits per heavy atom. The number of hydrogen-bond acceptors (Lipinski definition) is 6. The molecular weight excluding hydrogens is 375 g/mol. The number of urea groups is 1. The molecule has 1 fully saturated rings. The maximum Gasteiger partial charge on any atom is 0.437 e. The number of hydrogen-bond donors (Lipinski definition) is 2. The molecule has 27 heavy (non-hydrogen) atoms. The predicted molar refractivity (Wildman–Crippen MR) is 83.3 cm³/mol.